The molecule has 5 heteroatoms. The van der Waals surface area contributed by atoms with Crippen molar-refractivity contribution in [3.8, 4) is 16.8 Å². The highest BCUT2D eigenvalue weighted by Crippen LogP contribution is 2.48. The number of imidazole rings is 1. The number of para-hydroxylation sites is 2. The van der Waals surface area contributed by atoms with Gasteiger partial charge < -0.3 is 4.57 Å². The van der Waals surface area contributed by atoms with Crippen molar-refractivity contribution in [2.75, 3.05) is 0 Å². The van der Waals surface area contributed by atoms with E-state index in [4.69, 9.17) is 4.98 Å². The van der Waals surface area contributed by atoms with Crippen LogP contribution in [0.15, 0.2) is 116 Å². The quantitative estimate of drug-likeness (QED) is 0.204. The molecule has 0 radical (unpaired) electrons. The van der Waals surface area contributed by atoms with Crippen LogP contribution >= 0.6 is 0 Å². The zero-order chi connectivity index (χ0) is 26.7. The molecule has 0 saturated carbocycles. The van der Waals surface area contributed by atoms with Crippen LogP contribution in [0.2, 0.25) is 0 Å². The van der Waals surface area contributed by atoms with Gasteiger partial charge in [-0.3, -0.25) is 14.4 Å². The van der Waals surface area contributed by atoms with Crippen molar-refractivity contribution in [3.05, 3.63) is 127 Å². The van der Waals surface area contributed by atoms with Crippen molar-refractivity contribution in [3.63, 3.8) is 0 Å². The number of aromatic nitrogens is 5. The topological polar surface area (TPSA) is 48.0 Å². The van der Waals surface area contributed by atoms with Gasteiger partial charge in [-0.05, 0) is 82.6 Å². The van der Waals surface area contributed by atoms with Crippen LogP contribution in [0, 0.1) is 0 Å². The molecule has 5 nitrogen and oxygen atoms in total. The van der Waals surface area contributed by atoms with Crippen molar-refractivity contribution >= 4 is 60.2 Å². The van der Waals surface area contributed by atoms with Crippen molar-refractivity contribution in [2.24, 2.45) is 0 Å². The molecular formula is C36H21N5. The Labute approximate surface area is 234 Å². The Morgan fingerprint density at radius 1 is 0.585 bits per heavy atom. The molecule has 4 aromatic carbocycles. The lowest BCUT2D eigenvalue weighted by Gasteiger charge is -2.12. The lowest BCUT2D eigenvalue weighted by atomic mass is 9.96. The largest absolute Gasteiger partial charge is 0.309 e. The predicted octanol–water partition coefficient (Wildman–Crippen LogP) is 8.25. The molecule has 0 unspecified atom stereocenters. The lowest BCUT2D eigenvalue weighted by molar-refractivity contribution is 1.18. The molecule has 10 rings (SSSR count). The minimum Gasteiger partial charge on any atom is -0.309 e. The van der Waals surface area contributed by atoms with Gasteiger partial charge in [0.1, 0.15) is 11.2 Å². The molecule has 0 N–H and O–H groups in total. The molecule has 0 bridgehead atoms. The fourth-order valence-corrected chi connectivity index (χ4v) is 7.20. The normalized spacial score (nSPS) is 12.8. The maximum Gasteiger partial charge on any atom is 0.146 e. The zero-order valence-corrected chi connectivity index (χ0v) is 21.9. The molecule has 0 atom stereocenters. The van der Waals surface area contributed by atoms with Crippen LogP contribution in [0.4, 0.5) is 0 Å². The summed E-state index contributed by atoms with van der Waals surface area (Å²) < 4.78 is 4.64. The van der Waals surface area contributed by atoms with Gasteiger partial charge in [-0.2, -0.15) is 0 Å². The van der Waals surface area contributed by atoms with Gasteiger partial charge in [0.05, 0.1) is 34.5 Å². The third-order valence-electron chi connectivity index (χ3n) is 8.86. The molecule has 1 aliphatic carbocycles. The average Bonchev–Trinajstić information content (AvgIpc) is 3.70. The van der Waals surface area contributed by atoms with E-state index in [2.05, 4.69) is 104 Å². The van der Waals surface area contributed by atoms with E-state index in [0.717, 1.165) is 34.0 Å². The van der Waals surface area contributed by atoms with E-state index in [1.54, 1.807) is 0 Å². The first kappa shape index (κ1) is 21.3. The average molecular weight is 524 g/mol. The van der Waals surface area contributed by atoms with Crippen molar-refractivity contribution in [1.29, 1.82) is 0 Å². The Bertz CT molecular complexity index is 2550. The molecule has 190 valence electrons. The molecular weight excluding hydrogens is 502 g/mol. The van der Waals surface area contributed by atoms with Gasteiger partial charge >= 0.3 is 0 Å². The van der Waals surface area contributed by atoms with Gasteiger partial charge in [0.15, 0.2) is 0 Å². The lowest BCUT2D eigenvalue weighted by Crippen LogP contribution is -1.94. The highest BCUT2D eigenvalue weighted by molar-refractivity contribution is 6.20. The minimum atomic E-state index is 0.893. The summed E-state index contributed by atoms with van der Waals surface area (Å²) in [6.07, 6.45) is 8.43. The Balaban J connectivity index is 1.36. The number of hydrogen-bond acceptors (Lipinski definition) is 3. The summed E-state index contributed by atoms with van der Waals surface area (Å²) in [4.78, 5) is 13.9. The number of nitrogens with zero attached hydrogens (tertiary/aromatic N) is 5. The summed E-state index contributed by atoms with van der Waals surface area (Å²) in [7, 11) is 0. The maximum atomic E-state index is 5.07. The van der Waals surface area contributed by atoms with E-state index in [1.165, 1.54) is 60.5 Å². The second kappa shape index (κ2) is 7.55. The summed E-state index contributed by atoms with van der Waals surface area (Å²) >= 11 is 0. The summed E-state index contributed by atoms with van der Waals surface area (Å²) in [5, 5.41) is 6.15. The van der Waals surface area contributed by atoms with Crippen LogP contribution in [0.5, 0.6) is 0 Å². The summed E-state index contributed by atoms with van der Waals surface area (Å²) in [6, 6.07) is 33.1. The first-order chi connectivity index (χ1) is 20.3. The highest BCUT2D eigenvalue weighted by atomic mass is 15.0. The van der Waals surface area contributed by atoms with E-state index in [9.17, 15) is 0 Å². The number of pyridine rings is 3. The first-order valence-electron chi connectivity index (χ1n) is 13.9. The fraction of sp³-hybridized carbons (Fsp3) is 0.0278. The second-order valence-electron chi connectivity index (χ2n) is 10.9. The minimum absolute atomic E-state index is 0.893. The number of hydrogen-bond donors (Lipinski definition) is 0. The van der Waals surface area contributed by atoms with Gasteiger partial charge in [-0.1, -0.05) is 42.5 Å². The summed E-state index contributed by atoms with van der Waals surface area (Å²) in [5.41, 5.74) is 13.0. The van der Waals surface area contributed by atoms with Crippen LogP contribution < -0.4 is 0 Å². The molecule has 0 spiro atoms. The van der Waals surface area contributed by atoms with Gasteiger partial charge in [-0.15, -0.1) is 0 Å². The van der Waals surface area contributed by atoms with E-state index in [1.807, 2.05) is 30.9 Å². The Hall–Kier alpha value is -5.55. The molecule has 5 heterocycles. The zero-order valence-electron chi connectivity index (χ0n) is 21.9. The van der Waals surface area contributed by atoms with E-state index >= 15 is 0 Å². The van der Waals surface area contributed by atoms with Gasteiger partial charge in [-0.25, -0.2) is 4.98 Å². The molecule has 9 aromatic rings. The fourth-order valence-electron chi connectivity index (χ4n) is 7.20. The number of rotatable bonds is 1. The van der Waals surface area contributed by atoms with Crippen molar-refractivity contribution < 1.29 is 0 Å². The van der Waals surface area contributed by atoms with E-state index in [0.29, 0.717) is 0 Å². The first-order valence-corrected chi connectivity index (χ1v) is 13.9. The number of fused-ring (bicyclic) bond motifs is 15. The summed E-state index contributed by atoms with van der Waals surface area (Å²) in [6.45, 7) is 0. The van der Waals surface area contributed by atoms with Crippen LogP contribution in [-0.4, -0.2) is 23.9 Å². The Morgan fingerprint density at radius 2 is 1.44 bits per heavy atom. The second-order valence-corrected chi connectivity index (χ2v) is 10.9. The maximum absolute atomic E-state index is 5.07. The van der Waals surface area contributed by atoms with Gasteiger partial charge in [0, 0.05) is 39.6 Å². The predicted molar refractivity (Wildman–Crippen MR) is 166 cm³/mol. The molecule has 1 aliphatic rings. The monoisotopic (exact) mass is 523 g/mol. The third kappa shape index (κ3) is 2.68. The molecule has 0 fully saturated rings. The van der Waals surface area contributed by atoms with Gasteiger partial charge in [0.25, 0.3) is 0 Å². The smallest absolute Gasteiger partial charge is 0.146 e. The highest BCUT2D eigenvalue weighted by Gasteiger charge is 2.26. The van der Waals surface area contributed by atoms with Crippen LogP contribution in [-0.2, 0) is 6.42 Å². The van der Waals surface area contributed by atoms with Crippen molar-refractivity contribution in [1.82, 2.24) is 23.9 Å². The summed E-state index contributed by atoms with van der Waals surface area (Å²) in [5.74, 6) is 0. The van der Waals surface area contributed by atoms with Crippen LogP contribution in [0.3, 0.4) is 0 Å². The molecule has 0 amide bonds. The molecule has 5 aromatic heterocycles. The Kier molecular flexibility index (Phi) is 3.92. The standard InChI is InChI=1S/C36H21N5/c1-2-6-23(7-3-1)40-30-9-5-4-8-25(30)35-32(40)11-10-21-16-22-17-28-27(18-26(22)34(21)35)24-12-14-38-20-33(24)41-31-13-15-37-19-29(31)39-36(28)41/h1-15,17-20H,16H2. The van der Waals surface area contributed by atoms with Crippen LogP contribution in [0.1, 0.15) is 11.1 Å². The van der Waals surface area contributed by atoms with Crippen LogP contribution in [0.25, 0.3) is 77.0 Å². The molecule has 0 aliphatic heterocycles. The molecule has 0 saturated heterocycles. The van der Waals surface area contributed by atoms with E-state index in [-0.39, 0.29) is 0 Å². The van der Waals surface area contributed by atoms with Crippen molar-refractivity contribution in [2.45, 2.75) is 6.42 Å². The molecule has 41 heavy (non-hydrogen) atoms. The van der Waals surface area contributed by atoms with E-state index < -0.39 is 0 Å². The number of benzene rings is 4. The third-order valence-corrected chi connectivity index (χ3v) is 8.86. The van der Waals surface area contributed by atoms with Gasteiger partial charge in [0.2, 0.25) is 0 Å². The Morgan fingerprint density at radius 3 is 2.39 bits per heavy atom. The SMILES string of the molecule is c1ccc(-n2c3ccccc3c3c4c(ccc32)Cc2cc3c(cc2-4)c2ccncc2n2c4ccncc4nc32)cc1.